The summed E-state index contributed by atoms with van der Waals surface area (Å²) in [5.74, 6) is 0.126. The van der Waals surface area contributed by atoms with Gasteiger partial charge >= 0.3 is 0 Å². The summed E-state index contributed by atoms with van der Waals surface area (Å²) in [6.07, 6.45) is 4.68. The molecule has 0 N–H and O–H groups in total. The van der Waals surface area contributed by atoms with Crippen LogP contribution in [-0.4, -0.2) is 5.78 Å². The Kier molecular flexibility index (Phi) is 3.34. The Morgan fingerprint density at radius 3 is 2.30 bits per heavy atom. The second kappa shape index (κ2) is 3.55. The molecular weight excluding hydrogens is 124 g/mol. The summed E-state index contributed by atoms with van der Waals surface area (Å²) >= 11 is 0. The molecule has 0 saturated carbocycles. The monoisotopic (exact) mass is 140 g/mol. The van der Waals surface area contributed by atoms with Crippen molar-refractivity contribution in [2.45, 2.75) is 34.1 Å². The van der Waals surface area contributed by atoms with Crippen molar-refractivity contribution in [1.82, 2.24) is 0 Å². The Labute approximate surface area is 63.1 Å². The summed E-state index contributed by atoms with van der Waals surface area (Å²) in [5, 5.41) is 0. The highest BCUT2D eigenvalue weighted by molar-refractivity contribution is 5.87. The molecule has 0 aromatic rings. The predicted molar refractivity (Wildman–Crippen MR) is 43.9 cm³/mol. The number of hydrogen-bond donors (Lipinski definition) is 0. The van der Waals surface area contributed by atoms with E-state index in [1.54, 1.807) is 13.0 Å². The van der Waals surface area contributed by atoms with Gasteiger partial charge in [0.1, 0.15) is 0 Å². The smallest absolute Gasteiger partial charge is 0.152 e. The van der Waals surface area contributed by atoms with Gasteiger partial charge in [-0.15, -0.1) is 0 Å². The average Bonchev–Trinajstić information content (AvgIpc) is 1.85. The first-order valence-electron chi connectivity index (χ1n) is 3.68. The van der Waals surface area contributed by atoms with E-state index in [1.807, 2.05) is 6.08 Å². The van der Waals surface area contributed by atoms with Gasteiger partial charge in [-0.1, -0.05) is 26.8 Å². The van der Waals surface area contributed by atoms with Crippen LogP contribution in [0.15, 0.2) is 12.2 Å². The van der Waals surface area contributed by atoms with Gasteiger partial charge in [-0.2, -0.15) is 0 Å². The maximum absolute atomic E-state index is 10.5. The molecule has 0 aromatic carbocycles. The zero-order chi connectivity index (χ0) is 8.20. The lowest BCUT2D eigenvalue weighted by molar-refractivity contribution is -0.112. The van der Waals surface area contributed by atoms with Crippen molar-refractivity contribution < 1.29 is 4.79 Å². The van der Waals surface area contributed by atoms with Crippen molar-refractivity contribution >= 4 is 5.78 Å². The molecule has 0 aliphatic heterocycles. The van der Waals surface area contributed by atoms with Gasteiger partial charge in [0.15, 0.2) is 5.78 Å². The highest BCUT2D eigenvalue weighted by Gasteiger charge is 2.09. The number of carbonyl (C=O) groups is 1. The fraction of sp³-hybridized carbons (Fsp3) is 0.667. The van der Waals surface area contributed by atoms with Crippen molar-refractivity contribution in [3.8, 4) is 0 Å². The number of carbonyl (C=O) groups excluding carboxylic acids is 1. The van der Waals surface area contributed by atoms with Gasteiger partial charge in [-0.05, 0) is 24.8 Å². The molecular formula is C9H16O. The molecule has 10 heavy (non-hydrogen) atoms. The summed E-state index contributed by atoms with van der Waals surface area (Å²) in [6.45, 7) is 7.92. The third-order valence-electron chi connectivity index (χ3n) is 1.68. The van der Waals surface area contributed by atoms with E-state index in [-0.39, 0.29) is 11.2 Å². The molecule has 0 atom stereocenters. The minimum atomic E-state index is 0.126. The van der Waals surface area contributed by atoms with Gasteiger partial charge in [0, 0.05) is 0 Å². The van der Waals surface area contributed by atoms with Crippen LogP contribution in [0.2, 0.25) is 0 Å². The van der Waals surface area contributed by atoms with Gasteiger partial charge in [0.2, 0.25) is 0 Å². The lowest BCUT2D eigenvalue weighted by Gasteiger charge is -2.15. The molecule has 0 radical (unpaired) electrons. The first-order valence-corrected chi connectivity index (χ1v) is 3.68. The number of ketones is 1. The van der Waals surface area contributed by atoms with Crippen molar-refractivity contribution in [3.05, 3.63) is 12.2 Å². The second-order valence-corrected chi connectivity index (χ2v) is 3.29. The molecule has 0 rings (SSSR count). The summed E-state index contributed by atoms with van der Waals surface area (Å²) in [6, 6.07) is 0. The Morgan fingerprint density at radius 1 is 1.50 bits per heavy atom. The molecule has 0 saturated heterocycles. The van der Waals surface area contributed by atoms with Crippen molar-refractivity contribution in [2.24, 2.45) is 5.41 Å². The van der Waals surface area contributed by atoms with E-state index in [0.29, 0.717) is 0 Å². The standard InChI is InChI=1S/C9H16O/c1-5-9(3,4)7-6-8(2)10/h6-7H,5H2,1-4H3/b7-6-. The number of rotatable bonds is 3. The van der Waals surface area contributed by atoms with Crippen LogP contribution in [0.4, 0.5) is 0 Å². The minimum Gasteiger partial charge on any atom is -0.295 e. The molecule has 0 fully saturated rings. The van der Waals surface area contributed by atoms with Crippen LogP contribution in [0.5, 0.6) is 0 Å². The normalized spacial score (nSPS) is 12.4. The molecule has 0 aromatic heterocycles. The molecule has 58 valence electrons. The maximum Gasteiger partial charge on any atom is 0.152 e. The quantitative estimate of drug-likeness (QED) is 0.551. The number of hydrogen-bond acceptors (Lipinski definition) is 1. The molecule has 0 heterocycles. The number of allylic oxidation sites excluding steroid dienone is 2. The Balaban J connectivity index is 3.99. The second-order valence-electron chi connectivity index (χ2n) is 3.29. The highest BCUT2D eigenvalue weighted by atomic mass is 16.1. The van der Waals surface area contributed by atoms with Crippen molar-refractivity contribution in [3.63, 3.8) is 0 Å². The molecule has 0 aliphatic carbocycles. The van der Waals surface area contributed by atoms with Gasteiger partial charge in [-0.25, -0.2) is 0 Å². The zero-order valence-corrected chi connectivity index (χ0v) is 7.27. The van der Waals surface area contributed by atoms with Crippen molar-refractivity contribution in [2.75, 3.05) is 0 Å². The molecule has 0 bridgehead atoms. The molecule has 0 spiro atoms. The van der Waals surface area contributed by atoms with E-state index in [4.69, 9.17) is 0 Å². The van der Waals surface area contributed by atoms with Crippen LogP contribution in [0, 0.1) is 5.41 Å². The van der Waals surface area contributed by atoms with E-state index in [0.717, 1.165) is 6.42 Å². The van der Waals surface area contributed by atoms with Crippen LogP contribution < -0.4 is 0 Å². The summed E-state index contributed by atoms with van der Waals surface area (Å²) in [5.41, 5.74) is 0.172. The molecule has 1 nitrogen and oxygen atoms in total. The van der Waals surface area contributed by atoms with E-state index in [9.17, 15) is 4.79 Å². The van der Waals surface area contributed by atoms with Crippen LogP contribution in [0.25, 0.3) is 0 Å². The first kappa shape index (κ1) is 9.41. The lowest BCUT2D eigenvalue weighted by Crippen LogP contribution is -2.04. The molecule has 1 heteroatoms. The average molecular weight is 140 g/mol. The predicted octanol–water partition coefficient (Wildman–Crippen LogP) is 2.57. The van der Waals surface area contributed by atoms with Gasteiger partial charge in [0.05, 0.1) is 0 Å². The Morgan fingerprint density at radius 2 is 2.00 bits per heavy atom. The summed E-state index contributed by atoms with van der Waals surface area (Å²) < 4.78 is 0. The maximum atomic E-state index is 10.5. The third-order valence-corrected chi connectivity index (χ3v) is 1.68. The summed E-state index contributed by atoms with van der Waals surface area (Å²) in [4.78, 5) is 10.5. The van der Waals surface area contributed by atoms with E-state index < -0.39 is 0 Å². The van der Waals surface area contributed by atoms with Crippen LogP contribution in [0.3, 0.4) is 0 Å². The lowest BCUT2D eigenvalue weighted by atomic mass is 9.90. The fourth-order valence-electron chi connectivity index (χ4n) is 0.461. The largest absolute Gasteiger partial charge is 0.295 e. The highest BCUT2D eigenvalue weighted by Crippen LogP contribution is 2.20. The van der Waals surface area contributed by atoms with E-state index in [2.05, 4.69) is 20.8 Å². The Bertz CT molecular complexity index is 143. The Hall–Kier alpha value is -0.590. The fourth-order valence-corrected chi connectivity index (χ4v) is 0.461. The van der Waals surface area contributed by atoms with Crippen LogP contribution in [-0.2, 0) is 4.79 Å². The van der Waals surface area contributed by atoms with Crippen LogP contribution >= 0.6 is 0 Å². The van der Waals surface area contributed by atoms with Gasteiger partial charge in [-0.3, -0.25) is 4.79 Å². The van der Waals surface area contributed by atoms with E-state index >= 15 is 0 Å². The van der Waals surface area contributed by atoms with Crippen LogP contribution in [0.1, 0.15) is 34.1 Å². The van der Waals surface area contributed by atoms with Crippen molar-refractivity contribution in [1.29, 1.82) is 0 Å². The third kappa shape index (κ3) is 4.30. The zero-order valence-electron chi connectivity index (χ0n) is 7.27. The summed E-state index contributed by atoms with van der Waals surface area (Å²) in [7, 11) is 0. The molecule has 0 unspecified atom stereocenters. The first-order chi connectivity index (χ1) is 4.48. The van der Waals surface area contributed by atoms with Gasteiger partial charge < -0.3 is 0 Å². The molecule has 0 amide bonds. The minimum absolute atomic E-state index is 0.126. The van der Waals surface area contributed by atoms with Gasteiger partial charge in [0.25, 0.3) is 0 Å². The van der Waals surface area contributed by atoms with E-state index in [1.165, 1.54) is 0 Å². The molecule has 0 aliphatic rings. The SMILES string of the molecule is CCC(C)(C)/C=C\C(C)=O. The topological polar surface area (TPSA) is 17.1 Å².